The smallest absolute Gasteiger partial charge is 0.435 e. The largest absolute Gasteiger partial charge is 0.497 e. The van der Waals surface area contributed by atoms with Gasteiger partial charge in [0.2, 0.25) is 0 Å². The van der Waals surface area contributed by atoms with Crippen LogP contribution in [0.3, 0.4) is 0 Å². The lowest BCUT2D eigenvalue weighted by Crippen LogP contribution is -2.13. The van der Waals surface area contributed by atoms with Crippen LogP contribution in [0.15, 0.2) is 24.3 Å². The zero-order valence-corrected chi connectivity index (χ0v) is 13.1. The van der Waals surface area contributed by atoms with E-state index in [2.05, 4.69) is 5.10 Å². The summed E-state index contributed by atoms with van der Waals surface area (Å²) >= 11 is 0. The highest BCUT2D eigenvalue weighted by Gasteiger charge is 2.63. The van der Waals surface area contributed by atoms with Gasteiger partial charge < -0.3 is 4.74 Å². The van der Waals surface area contributed by atoms with Gasteiger partial charge in [-0.3, -0.25) is 9.48 Å². The standard InChI is InChI=1S/C17H15F3N2O2/c1-8-11-12(8)15(23)14-13(11)16(17(18,19)20)21-22(14)7-9-3-5-10(24-2)6-4-9/h3-6,8,11-12H,7H2,1-2H3/t8-,11+,12-/m1/s1. The van der Waals surface area contributed by atoms with Gasteiger partial charge in [0.25, 0.3) is 0 Å². The van der Waals surface area contributed by atoms with Crippen LogP contribution < -0.4 is 4.74 Å². The maximum Gasteiger partial charge on any atom is 0.435 e. The molecule has 0 saturated heterocycles. The molecule has 0 amide bonds. The summed E-state index contributed by atoms with van der Waals surface area (Å²) in [6.07, 6.45) is -4.55. The predicted octanol–water partition coefficient (Wildman–Crippen LogP) is 3.50. The van der Waals surface area contributed by atoms with Gasteiger partial charge in [-0.25, -0.2) is 0 Å². The molecule has 1 fully saturated rings. The van der Waals surface area contributed by atoms with E-state index in [0.29, 0.717) is 5.75 Å². The number of aromatic nitrogens is 2. The molecule has 24 heavy (non-hydrogen) atoms. The third-order valence-corrected chi connectivity index (χ3v) is 5.00. The maximum absolute atomic E-state index is 13.3. The minimum absolute atomic E-state index is 0.0234. The maximum atomic E-state index is 13.3. The van der Waals surface area contributed by atoms with Crippen LogP contribution in [0.1, 0.15) is 40.2 Å². The van der Waals surface area contributed by atoms with Gasteiger partial charge in [-0.2, -0.15) is 18.3 Å². The van der Waals surface area contributed by atoms with Crippen LogP contribution in [0.25, 0.3) is 0 Å². The van der Waals surface area contributed by atoms with Gasteiger partial charge in [0.1, 0.15) is 11.4 Å². The number of nitrogens with zero attached hydrogens (tertiary/aromatic N) is 2. The molecule has 0 bridgehead atoms. The molecule has 4 rings (SSSR count). The summed E-state index contributed by atoms with van der Waals surface area (Å²) in [5.74, 6) is -0.203. The summed E-state index contributed by atoms with van der Waals surface area (Å²) in [5.41, 5.74) is 0.0808. The average molecular weight is 336 g/mol. The van der Waals surface area contributed by atoms with E-state index in [1.807, 2.05) is 6.92 Å². The molecule has 1 saturated carbocycles. The number of rotatable bonds is 3. The molecular formula is C17H15F3N2O2. The molecule has 0 unspecified atom stereocenters. The van der Waals surface area contributed by atoms with Crippen LogP contribution in [0.4, 0.5) is 13.2 Å². The molecule has 1 heterocycles. The molecule has 1 aromatic heterocycles. The number of fused-ring (bicyclic) bond motifs is 3. The fraction of sp³-hybridized carbons (Fsp3) is 0.412. The minimum atomic E-state index is -4.55. The lowest BCUT2D eigenvalue weighted by atomic mass is 10.1. The van der Waals surface area contributed by atoms with Crippen molar-refractivity contribution in [3.05, 3.63) is 46.8 Å². The van der Waals surface area contributed by atoms with Crippen molar-refractivity contribution in [1.82, 2.24) is 9.78 Å². The second kappa shape index (κ2) is 4.84. The topological polar surface area (TPSA) is 44.1 Å². The second-order valence-electron chi connectivity index (χ2n) is 6.39. The van der Waals surface area contributed by atoms with Gasteiger partial charge in [0, 0.05) is 17.4 Å². The average Bonchev–Trinajstić information content (AvgIpc) is 2.89. The number of carbonyl (C=O) groups is 1. The molecule has 0 N–H and O–H groups in total. The number of ether oxygens (including phenoxy) is 1. The van der Waals surface area contributed by atoms with Crippen LogP contribution in [-0.4, -0.2) is 22.7 Å². The lowest BCUT2D eigenvalue weighted by Gasteiger charge is -2.07. The molecule has 3 atom stereocenters. The Labute approximate surface area is 136 Å². The molecule has 2 aliphatic rings. The van der Waals surface area contributed by atoms with Crippen molar-refractivity contribution in [2.45, 2.75) is 25.6 Å². The van der Waals surface area contributed by atoms with Crippen molar-refractivity contribution in [1.29, 1.82) is 0 Å². The van der Waals surface area contributed by atoms with Crippen LogP contribution in [-0.2, 0) is 12.7 Å². The van der Waals surface area contributed by atoms with Crippen LogP contribution in [0.2, 0.25) is 0 Å². The molecule has 4 nitrogen and oxygen atoms in total. The highest BCUT2D eigenvalue weighted by Crippen LogP contribution is 2.63. The monoisotopic (exact) mass is 336 g/mol. The number of carbonyl (C=O) groups excluding carboxylic acids is 1. The Morgan fingerprint density at radius 3 is 2.46 bits per heavy atom. The molecule has 1 aromatic carbocycles. The van der Waals surface area contributed by atoms with Gasteiger partial charge >= 0.3 is 6.18 Å². The van der Waals surface area contributed by atoms with E-state index >= 15 is 0 Å². The van der Waals surface area contributed by atoms with Crippen molar-refractivity contribution in [2.24, 2.45) is 11.8 Å². The van der Waals surface area contributed by atoms with Crippen LogP contribution in [0, 0.1) is 11.8 Å². The zero-order valence-electron chi connectivity index (χ0n) is 13.1. The Kier molecular flexibility index (Phi) is 3.07. The van der Waals surface area contributed by atoms with E-state index in [1.54, 1.807) is 24.3 Å². The molecule has 0 aliphatic heterocycles. The van der Waals surface area contributed by atoms with Crippen LogP contribution >= 0.6 is 0 Å². The SMILES string of the molecule is COc1ccc(Cn2nc(C(F)(F)F)c3c2C(=O)[C@@H]2[C@H](C)[C@H]32)cc1. The van der Waals surface area contributed by atoms with E-state index in [-0.39, 0.29) is 41.3 Å². The fourth-order valence-electron chi connectivity index (χ4n) is 3.74. The van der Waals surface area contributed by atoms with Gasteiger partial charge in [-0.1, -0.05) is 19.1 Å². The summed E-state index contributed by atoms with van der Waals surface area (Å²) in [6.45, 7) is 1.94. The number of hydrogen-bond donors (Lipinski definition) is 0. The van der Waals surface area contributed by atoms with Gasteiger partial charge in [0.15, 0.2) is 11.5 Å². The summed E-state index contributed by atoms with van der Waals surface area (Å²) in [6, 6.07) is 6.96. The molecule has 126 valence electrons. The Morgan fingerprint density at radius 2 is 1.88 bits per heavy atom. The first-order valence-electron chi connectivity index (χ1n) is 7.68. The first-order chi connectivity index (χ1) is 11.3. The Balaban J connectivity index is 1.76. The fourth-order valence-corrected chi connectivity index (χ4v) is 3.74. The highest BCUT2D eigenvalue weighted by atomic mass is 19.4. The van der Waals surface area contributed by atoms with Gasteiger partial charge in [0.05, 0.1) is 13.7 Å². The Morgan fingerprint density at radius 1 is 1.21 bits per heavy atom. The summed E-state index contributed by atoms with van der Waals surface area (Å²) in [5, 5.41) is 3.74. The van der Waals surface area contributed by atoms with Crippen molar-refractivity contribution < 1.29 is 22.7 Å². The molecule has 2 aromatic rings. The van der Waals surface area contributed by atoms with Crippen LogP contribution in [0.5, 0.6) is 5.75 Å². The van der Waals surface area contributed by atoms with Crippen molar-refractivity contribution in [3.8, 4) is 5.75 Å². The third-order valence-electron chi connectivity index (χ3n) is 5.00. The van der Waals surface area contributed by atoms with Gasteiger partial charge in [-0.15, -0.1) is 0 Å². The van der Waals surface area contributed by atoms with E-state index in [1.165, 1.54) is 11.8 Å². The molecule has 0 radical (unpaired) electrons. The minimum Gasteiger partial charge on any atom is -0.497 e. The summed E-state index contributed by atoms with van der Waals surface area (Å²) < 4.78 is 46.3. The van der Waals surface area contributed by atoms with E-state index < -0.39 is 11.9 Å². The lowest BCUT2D eigenvalue weighted by molar-refractivity contribution is -0.142. The predicted molar refractivity (Wildman–Crippen MR) is 79.1 cm³/mol. The van der Waals surface area contributed by atoms with E-state index in [9.17, 15) is 18.0 Å². The number of hydrogen-bond acceptors (Lipinski definition) is 3. The first kappa shape index (κ1) is 15.2. The Hall–Kier alpha value is -2.31. The van der Waals surface area contributed by atoms with Crippen molar-refractivity contribution in [2.75, 3.05) is 7.11 Å². The number of methoxy groups -OCH3 is 1. The molecular weight excluding hydrogens is 321 g/mol. The number of ketones is 1. The second-order valence-corrected chi connectivity index (χ2v) is 6.39. The number of Topliss-reactive ketones (excluding diaryl/α,β-unsaturated/α-hetero) is 1. The van der Waals surface area contributed by atoms with E-state index in [0.717, 1.165) is 5.56 Å². The highest BCUT2D eigenvalue weighted by molar-refractivity contribution is 6.05. The zero-order chi connectivity index (χ0) is 17.2. The summed E-state index contributed by atoms with van der Waals surface area (Å²) in [4.78, 5) is 12.5. The molecule has 7 heteroatoms. The Bertz CT molecular complexity index is 824. The molecule has 2 aliphatic carbocycles. The number of halogens is 3. The summed E-state index contributed by atoms with van der Waals surface area (Å²) in [7, 11) is 1.54. The van der Waals surface area contributed by atoms with Gasteiger partial charge in [-0.05, 0) is 23.6 Å². The number of alkyl halides is 3. The number of benzene rings is 1. The third kappa shape index (κ3) is 2.07. The van der Waals surface area contributed by atoms with Crippen molar-refractivity contribution >= 4 is 5.78 Å². The first-order valence-corrected chi connectivity index (χ1v) is 7.68. The van der Waals surface area contributed by atoms with Crippen molar-refractivity contribution in [3.63, 3.8) is 0 Å². The molecule has 0 spiro atoms. The van der Waals surface area contributed by atoms with E-state index in [4.69, 9.17) is 4.74 Å². The quantitative estimate of drug-likeness (QED) is 0.862. The normalized spacial score (nSPS) is 24.7.